The fourth-order valence-electron chi connectivity index (χ4n) is 2.56. The molecule has 0 saturated carbocycles. The summed E-state index contributed by atoms with van der Waals surface area (Å²) in [6.07, 6.45) is 1.51. The summed E-state index contributed by atoms with van der Waals surface area (Å²) in [4.78, 5) is 12.4. The molecule has 10 heteroatoms. The molecule has 0 bridgehead atoms. The first-order valence-corrected chi connectivity index (χ1v) is 9.41. The predicted molar refractivity (Wildman–Crippen MR) is 104 cm³/mol. The van der Waals surface area contributed by atoms with Gasteiger partial charge in [-0.15, -0.1) is 10.2 Å². The van der Waals surface area contributed by atoms with Gasteiger partial charge in [0, 0.05) is 33.8 Å². The van der Waals surface area contributed by atoms with Crippen molar-refractivity contribution in [3.05, 3.63) is 72.5 Å². The summed E-state index contributed by atoms with van der Waals surface area (Å²) in [5, 5.41) is 10.7. The quantitative estimate of drug-likeness (QED) is 0.466. The molecule has 1 atom stereocenters. The standard InChI is InChI=1S/C19H14N4O5S/c24-17(12-6-8-14(9-7-12)23-29(25)26)20-15-4-1-3-13(11-15)18-21-22-19(28-18)16-5-2-10-27-16/h1-11,23H,(H,20,24)(H,25,26)/p-1. The lowest BCUT2D eigenvalue weighted by molar-refractivity contribution is 0.102. The van der Waals surface area contributed by atoms with E-state index >= 15 is 0 Å². The van der Waals surface area contributed by atoms with Crippen LogP contribution in [0.2, 0.25) is 0 Å². The highest BCUT2D eigenvalue weighted by atomic mass is 32.2. The van der Waals surface area contributed by atoms with E-state index in [2.05, 4.69) is 20.2 Å². The number of anilines is 2. The lowest BCUT2D eigenvalue weighted by atomic mass is 10.1. The van der Waals surface area contributed by atoms with Crippen LogP contribution in [0.15, 0.2) is 75.8 Å². The summed E-state index contributed by atoms with van der Waals surface area (Å²) in [5.41, 5.74) is 1.90. The molecule has 1 amide bonds. The van der Waals surface area contributed by atoms with E-state index in [1.54, 1.807) is 36.4 Å². The van der Waals surface area contributed by atoms with Crippen LogP contribution in [-0.4, -0.2) is 24.9 Å². The van der Waals surface area contributed by atoms with Crippen molar-refractivity contribution >= 4 is 28.5 Å². The molecule has 9 nitrogen and oxygen atoms in total. The van der Waals surface area contributed by atoms with Crippen LogP contribution in [0.3, 0.4) is 0 Å². The fourth-order valence-corrected chi connectivity index (χ4v) is 2.89. The maximum absolute atomic E-state index is 12.4. The maximum Gasteiger partial charge on any atom is 0.283 e. The summed E-state index contributed by atoms with van der Waals surface area (Å²) in [6.45, 7) is 0. The normalized spacial score (nSPS) is 11.8. The zero-order valence-electron chi connectivity index (χ0n) is 14.7. The molecule has 2 aromatic carbocycles. The average Bonchev–Trinajstić information content (AvgIpc) is 3.40. The van der Waals surface area contributed by atoms with Crippen molar-refractivity contribution in [2.24, 2.45) is 0 Å². The van der Waals surface area contributed by atoms with Gasteiger partial charge in [0.05, 0.1) is 6.26 Å². The highest BCUT2D eigenvalue weighted by Gasteiger charge is 2.13. The Hall–Kier alpha value is -3.76. The second-order valence-corrected chi connectivity index (χ2v) is 6.51. The molecule has 0 aliphatic rings. The molecule has 1 unspecified atom stereocenters. The highest BCUT2D eigenvalue weighted by molar-refractivity contribution is 7.80. The van der Waals surface area contributed by atoms with Crippen LogP contribution in [0.4, 0.5) is 11.4 Å². The Kier molecular flexibility index (Phi) is 5.18. The number of rotatable bonds is 6. The first kappa shape index (κ1) is 18.6. The molecule has 146 valence electrons. The van der Waals surface area contributed by atoms with Crippen molar-refractivity contribution in [3.63, 3.8) is 0 Å². The zero-order valence-corrected chi connectivity index (χ0v) is 15.5. The van der Waals surface area contributed by atoms with Gasteiger partial charge in [0.2, 0.25) is 5.89 Å². The molecule has 0 radical (unpaired) electrons. The van der Waals surface area contributed by atoms with Crippen LogP contribution in [0.1, 0.15) is 10.4 Å². The Labute approximate surface area is 167 Å². The molecule has 0 aliphatic heterocycles. The van der Waals surface area contributed by atoms with Crippen molar-refractivity contribution in [1.82, 2.24) is 10.2 Å². The van der Waals surface area contributed by atoms with Crippen LogP contribution in [0.5, 0.6) is 0 Å². The van der Waals surface area contributed by atoms with Crippen LogP contribution < -0.4 is 10.0 Å². The lowest BCUT2D eigenvalue weighted by Crippen LogP contribution is -2.12. The maximum atomic E-state index is 12.4. The van der Waals surface area contributed by atoms with E-state index in [-0.39, 0.29) is 17.7 Å². The van der Waals surface area contributed by atoms with E-state index in [1.165, 1.54) is 30.5 Å². The first-order chi connectivity index (χ1) is 14.1. The second-order valence-electron chi connectivity index (χ2n) is 5.84. The zero-order chi connectivity index (χ0) is 20.2. The molecule has 4 rings (SSSR count). The Morgan fingerprint density at radius 3 is 2.48 bits per heavy atom. The third-order valence-corrected chi connectivity index (χ3v) is 4.27. The monoisotopic (exact) mass is 409 g/mol. The smallest absolute Gasteiger partial charge is 0.283 e. The number of nitrogens with one attached hydrogen (secondary N) is 2. The number of carbonyl (C=O) groups is 1. The summed E-state index contributed by atoms with van der Waals surface area (Å²) in [5.74, 6) is 0.659. The SMILES string of the molecule is O=C(Nc1cccc(-c2nnc(-c3ccco3)o2)c1)c1ccc(NS(=O)[O-])cc1. The van der Waals surface area contributed by atoms with Gasteiger partial charge in [0.1, 0.15) is 0 Å². The molecule has 4 aromatic rings. The summed E-state index contributed by atoms with van der Waals surface area (Å²) in [7, 11) is 0. The molecule has 0 fully saturated rings. The van der Waals surface area contributed by atoms with Crippen LogP contribution in [0, 0.1) is 0 Å². The van der Waals surface area contributed by atoms with Gasteiger partial charge in [-0.25, -0.2) is 0 Å². The van der Waals surface area contributed by atoms with Gasteiger partial charge >= 0.3 is 0 Å². The molecule has 29 heavy (non-hydrogen) atoms. The second kappa shape index (κ2) is 8.09. The number of furan rings is 1. The van der Waals surface area contributed by atoms with Crippen LogP contribution in [0.25, 0.3) is 23.1 Å². The number of benzene rings is 2. The minimum absolute atomic E-state index is 0.257. The Morgan fingerprint density at radius 1 is 0.966 bits per heavy atom. The molecule has 2 aromatic heterocycles. The molecule has 2 heterocycles. The summed E-state index contributed by atoms with van der Waals surface area (Å²) in [6, 6.07) is 16.4. The largest absolute Gasteiger partial charge is 0.755 e. The Bertz CT molecular complexity index is 1160. The topological polar surface area (TPSA) is 133 Å². The number of hydrogen-bond donors (Lipinski definition) is 2. The molecule has 0 spiro atoms. The van der Waals surface area contributed by atoms with Crippen LogP contribution >= 0.6 is 0 Å². The lowest BCUT2D eigenvalue weighted by Gasteiger charge is -2.09. The van der Waals surface area contributed by atoms with E-state index < -0.39 is 11.3 Å². The number of aromatic nitrogens is 2. The first-order valence-electron chi connectivity index (χ1n) is 8.33. The molecular formula is C19H13N4O5S-. The van der Waals surface area contributed by atoms with Crippen molar-refractivity contribution in [3.8, 4) is 23.1 Å². The van der Waals surface area contributed by atoms with Gasteiger partial charge in [-0.05, 0) is 54.6 Å². The fraction of sp³-hybridized carbons (Fsp3) is 0. The van der Waals surface area contributed by atoms with Crippen molar-refractivity contribution < 1.29 is 22.4 Å². The van der Waals surface area contributed by atoms with Crippen molar-refractivity contribution in [1.29, 1.82) is 0 Å². The summed E-state index contributed by atoms with van der Waals surface area (Å²) < 4.78 is 34.3. The van der Waals surface area contributed by atoms with Gasteiger partial charge in [0.15, 0.2) is 5.76 Å². The molecule has 0 saturated heterocycles. The third-order valence-electron chi connectivity index (χ3n) is 3.87. The van der Waals surface area contributed by atoms with E-state index in [1.807, 2.05) is 0 Å². The summed E-state index contributed by atoms with van der Waals surface area (Å²) >= 11 is -2.42. The number of nitrogens with zero attached hydrogens (tertiary/aromatic N) is 2. The minimum atomic E-state index is -2.42. The van der Waals surface area contributed by atoms with Gasteiger partial charge in [-0.1, -0.05) is 6.07 Å². The Balaban J connectivity index is 1.49. The predicted octanol–water partition coefficient (Wildman–Crippen LogP) is 3.45. The minimum Gasteiger partial charge on any atom is -0.755 e. The molecular weight excluding hydrogens is 396 g/mol. The third kappa shape index (κ3) is 4.39. The van der Waals surface area contributed by atoms with Gasteiger partial charge < -0.3 is 23.4 Å². The number of carbonyl (C=O) groups excluding carboxylic acids is 1. The average molecular weight is 409 g/mol. The highest BCUT2D eigenvalue weighted by Crippen LogP contribution is 2.26. The van der Waals surface area contributed by atoms with Crippen LogP contribution in [-0.2, 0) is 11.3 Å². The van der Waals surface area contributed by atoms with Crippen molar-refractivity contribution in [2.45, 2.75) is 0 Å². The van der Waals surface area contributed by atoms with E-state index in [0.717, 1.165) is 0 Å². The van der Waals surface area contributed by atoms with Gasteiger partial charge in [-0.2, -0.15) is 0 Å². The van der Waals surface area contributed by atoms with Gasteiger partial charge in [-0.3, -0.25) is 9.00 Å². The molecule has 2 N–H and O–H groups in total. The number of hydrogen-bond acceptors (Lipinski definition) is 7. The van der Waals surface area contributed by atoms with E-state index in [9.17, 15) is 13.6 Å². The Morgan fingerprint density at radius 2 is 1.76 bits per heavy atom. The van der Waals surface area contributed by atoms with E-state index in [4.69, 9.17) is 8.83 Å². The van der Waals surface area contributed by atoms with E-state index in [0.29, 0.717) is 28.3 Å². The van der Waals surface area contributed by atoms with Crippen molar-refractivity contribution in [2.75, 3.05) is 10.0 Å². The van der Waals surface area contributed by atoms with Gasteiger partial charge in [0.25, 0.3) is 11.8 Å². The number of amides is 1. The molecule has 0 aliphatic carbocycles.